The Morgan fingerprint density at radius 2 is 0.349 bits per heavy atom. The first-order chi connectivity index (χ1) is 62.2. The van der Waals surface area contributed by atoms with Crippen LogP contribution in [0.2, 0.25) is 0 Å². The quantitative estimate of drug-likeness (QED) is 0.119. The average Bonchev–Trinajstić information content (AvgIpc) is 0.724. The van der Waals surface area contributed by atoms with Gasteiger partial charge in [-0.2, -0.15) is 0 Å². The summed E-state index contributed by atoms with van der Waals surface area (Å²) in [5, 5.41) is 44.5. The van der Waals surface area contributed by atoms with E-state index < -0.39 is 0 Å². The Bertz CT molecular complexity index is 8720. The normalized spacial score (nSPS) is 11.7. The van der Waals surface area contributed by atoms with Gasteiger partial charge in [-0.25, -0.2) is 0 Å². The van der Waals surface area contributed by atoms with E-state index in [1.54, 1.807) is 0 Å². The highest BCUT2D eigenvalue weighted by molar-refractivity contribution is 6.29. The van der Waals surface area contributed by atoms with E-state index in [4.69, 9.17) is 0 Å². The van der Waals surface area contributed by atoms with Crippen molar-refractivity contribution in [2.45, 2.75) is 27.7 Å². The minimum atomic E-state index is 1.25. The van der Waals surface area contributed by atoms with Crippen LogP contribution in [-0.4, -0.2) is 0 Å². The lowest BCUT2D eigenvalue weighted by atomic mass is 9.83. The number of rotatable bonds is 5. The minimum Gasteiger partial charge on any atom is -0.0622 e. The summed E-state index contributed by atoms with van der Waals surface area (Å²) in [4.78, 5) is 0. The largest absolute Gasteiger partial charge is 0.0622 e. The minimum absolute atomic E-state index is 1.25. The van der Waals surface area contributed by atoms with Crippen LogP contribution in [-0.2, 0) is 0 Å². The third-order valence-corrected chi connectivity index (χ3v) is 27.1. The third kappa shape index (κ3) is 12.6. The number of fused-ring (bicyclic) bond motifs is 20. The van der Waals surface area contributed by atoms with Gasteiger partial charge >= 0.3 is 0 Å². The summed E-state index contributed by atoms with van der Waals surface area (Å²) >= 11 is 0. The summed E-state index contributed by atoms with van der Waals surface area (Å²) in [6, 6.07) is 164. The standard InChI is InChI=1S/C39H26.C33H22.C29H20.C25H18/c1-25-28-16-7-11-21-33(28)39(34-22-12-8-17-29(25)34)36-24-37-35(31-19-9-10-20-32(31)36)23-27-15-5-6-18-30(27)38(37)26-13-3-2-4-14-26;1-21-25-12-4-8-16-29(25)33(30-17-9-5-13-26(21)30)32-20-24-18-22-10-2-3-11-23(22)19-31(24)27-14-6-7-15-28(27)32;1-19-21-11-4-8-16-26(21)29(27-17-9-5-12-22(19)27)28-18-20-10-2-3-13-23(20)24-14-6-7-15-25(24)28;1-17-21-10-4-6-12-23(21)25(24-13-7-5-11-22(17)24)20-15-14-18-8-2-3-9-19(18)16-20/h2-24H,1H3;2-20H,1H3;2-18H,1H3;2-16H,1H3. The molecular formula is C126H86. The van der Waals surface area contributed by atoms with Crippen LogP contribution in [0.4, 0.5) is 0 Å². The molecular weight excluding hydrogens is 1510 g/mol. The predicted octanol–water partition coefficient (Wildman–Crippen LogP) is 35.9. The van der Waals surface area contributed by atoms with Crippen LogP contribution in [0.5, 0.6) is 0 Å². The number of aryl methyl sites for hydroxylation is 4. The first kappa shape index (κ1) is 75.1. The second-order valence-corrected chi connectivity index (χ2v) is 33.9. The fourth-order valence-corrected chi connectivity index (χ4v) is 21.2. The fraction of sp³-hybridized carbons (Fsp3) is 0.0317. The molecule has 0 saturated carbocycles. The van der Waals surface area contributed by atoms with Gasteiger partial charge in [-0.15, -0.1) is 0 Å². The molecule has 0 fully saturated rings. The van der Waals surface area contributed by atoms with Gasteiger partial charge in [0.15, 0.2) is 0 Å². The summed E-state index contributed by atoms with van der Waals surface area (Å²) < 4.78 is 0. The van der Waals surface area contributed by atoms with Crippen molar-refractivity contribution in [3.05, 3.63) is 471 Å². The van der Waals surface area contributed by atoms with Crippen molar-refractivity contribution in [3.8, 4) is 55.6 Å². The number of benzene rings is 26. The van der Waals surface area contributed by atoms with Crippen molar-refractivity contribution in [2.75, 3.05) is 0 Å². The van der Waals surface area contributed by atoms with Crippen LogP contribution < -0.4 is 0 Å². The maximum absolute atomic E-state index is 2.47. The molecule has 126 heavy (non-hydrogen) atoms. The topological polar surface area (TPSA) is 0 Å². The maximum atomic E-state index is 2.47. The Labute approximate surface area is 732 Å². The zero-order valence-corrected chi connectivity index (χ0v) is 70.7. The van der Waals surface area contributed by atoms with Gasteiger partial charge in [-0.05, 0) is 331 Å². The molecule has 0 spiro atoms. The summed E-state index contributed by atoms with van der Waals surface area (Å²) in [7, 11) is 0. The molecule has 0 aliphatic heterocycles. The molecule has 26 aromatic carbocycles. The Morgan fingerprint density at radius 1 is 0.103 bits per heavy atom. The highest BCUT2D eigenvalue weighted by Crippen LogP contribution is 2.51. The summed E-state index contributed by atoms with van der Waals surface area (Å²) in [6.45, 7) is 8.98. The SMILES string of the molecule is Cc1c2ccccc2c(-c2cc3c(-c4ccccc4)c4ccccc4cc3c3ccccc23)c2ccccc12.Cc1c2ccccc2c(-c2cc3cc4ccccc4cc3c3ccccc23)c2ccccc12.Cc1c2ccccc2c(-c2cc3ccccc3c3ccccc23)c2ccccc12.Cc1c2ccccc2c(-c2ccc3ccccc3c2)c2ccccc12. The van der Waals surface area contributed by atoms with Crippen molar-refractivity contribution in [1.29, 1.82) is 0 Å². The van der Waals surface area contributed by atoms with Crippen LogP contribution in [0.1, 0.15) is 22.3 Å². The Hall–Kier alpha value is -15.9. The first-order valence-corrected chi connectivity index (χ1v) is 44.0. The molecule has 0 heteroatoms. The van der Waals surface area contributed by atoms with E-state index in [2.05, 4.69) is 477 Å². The van der Waals surface area contributed by atoms with E-state index in [9.17, 15) is 0 Å². The number of hydrogen-bond donors (Lipinski definition) is 0. The molecule has 0 radical (unpaired) electrons. The molecule has 0 unspecified atom stereocenters. The van der Waals surface area contributed by atoms with Gasteiger partial charge in [0.2, 0.25) is 0 Å². The van der Waals surface area contributed by atoms with Gasteiger partial charge in [0.05, 0.1) is 0 Å². The summed E-state index contributed by atoms with van der Waals surface area (Å²) in [6.07, 6.45) is 0. The third-order valence-electron chi connectivity index (χ3n) is 27.1. The van der Waals surface area contributed by atoms with Gasteiger partial charge in [-0.3, -0.25) is 0 Å². The highest BCUT2D eigenvalue weighted by Gasteiger charge is 2.24. The van der Waals surface area contributed by atoms with Crippen molar-refractivity contribution >= 4 is 183 Å². The molecule has 0 atom stereocenters. The zero-order chi connectivity index (χ0) is 84.0. The molecule has 590 valence electrons. The second kappa shape index (κ2) is 31.2. The van der Waals surface area contributed by atoms with Crippen LogP contribution in [0.15, 0.2) is 449 Å². The van der Waals surface area contributed by atoms with Gasteiger partial charge in [0.25, 0.3) is 0 Å². The zero-order valence-electron chi connectivity index (χ0n) is 70.7. The lowest BCUT2D eigenvalue weighted by Crippen LogP contribution is -1.93. The molecule has 0 heterocycles. The molecule has 0 bridgehead atoms. The van der Waals surface area contributed by atoms with E-state index >= 15 is 0 Å². The second-order valence-electron chi connectivity index (χ2n) is 33.9. The Kier molecular flexibility index (Phi) is 18.6. The molecule has 26 rings (SSSR count). The van der Waals surface area contributed by atoms with E-state index in [1.165, 1.54) is 261 Å². The Balaban J connectivity index is 0.0000000978. The van der Waals surface area contributed by atoms with Crippen molar-refractivity contribution in [1.82, 2.24) is 0 Å². The smallest absolute Gasteiger partial charge is 0.00202 e. The number of hydrogen-bond acceptors (Lipinski definition) is 0. The molecule has 0 aliphatic carbocycles. The monoisotopic (exact) mass is 1600 g/mol. The van der Waals surface area contributed by atoms with Crippen molar-refractivity contribution < 1.29 is 0 Å². The first-order valence-electron chi connectivity index (χ1n) is 44.0. The maximum Gasteiger partial charge on any atom is -0.00202 e. The van der Waals surface area contributed by atoms with E-state index in [1.807, 2.05) is 0 Å². The van der Waals surface area contributed by atoms with E-state index in [-0.39, 0.29) is 0 Å². The Morgan fingerprint density at radius 3 is 0.746 bits per heavy atom. The van der Waals surface area contributed by atoms with Crippen LogP contribution >= 0.6 is 0 Å². The summed E-state index contributed by atoms with van der Waals surface area (Å²) in [5.41, 5.74) is 18.5. The van der Waals surface area contributed by atoms with Crippen LogP contribution in [0, 0.1) is 27.7 Å². The molecule has 0 saturated heterocycles. The fourth-order valence-electron chi connectivity index (χ4n) is 21.2. The van der Waals surface area contributed by atoms with Gasteiger partial charge in [0, 0.05) is 0 Å². The van der Waals surface area contributed by atoms with Crippen molar-refractivity contribution in [2.24, 2.45) is 0 Å². The van der Waals surface area contributed by atoms with Crippen LogP contribution in [0.3, 0.4) is 0 Å². The lowest BCUT2D eigenvalue weighted by molar-refractivity contribution is 1.58. The molecule has 0 aromatic heterocycles. The van der Waals surface area contributed by atoms with Gasteiger partial charge < -0.3 is 0 Å². The van der Waals surface area contributed by atoms with E-state index in [0.29, 0.717) is 0 Å². The molecule has 26 aromatic rings. The molecule has 0 amide bonds. The molecule has 0 aliphatic rings. The van der Waals surface area contributed by atoms with Gasteiger partial charge in [-0.1, -0.05) is 406 Å². The average molecular weight is 1600 g/mol. The molecule has 0 N–H and O–H groups in total. The van der Waals surface area contributed by atoms with E-state index in [0.717, 1.165) is 0 Å². The highest BCUT2D eigenvalue weighted by atomic mass is 14.3. The molecule has 0 nitrogen and oxygen atoms in total. The summed E-state index contributed by atoms with van der Waals surface area (Å²) in [5.74, 6) is 0. The van der Waals surface area contributed by atoms with Gasteiger partial charge in [0.1, 0.15) is 0 Å². The van der Waals surface area contributed by atoms with Crippen LogP contribution in [0.25, 0.3) is 239 Å². The predicted molar refractivity (Wildman–Crippen MR) is 549 cm³/mol. The lowest BCUT2D eigenvalue weighted by Gasteiger charge is -2.20. The van der Waals surface area contributed by atoms with Crippen molar-refractivity contribution in [3.63, 3.8) is 0 Å².